The fourth-order valence-corrected chi connectivity index (χ4v) is 2.11. The highest BCUT2D eigenvalue weighted by Crippen LogP contribution is 2.30. The Hall–Kier alpha value is -1.96. The van der Waals surface area contributed by atoms with Crippen LogP contribution in [0.1, 0.15) is 11.4 Å². The first-order valence-corrected chi connectivity index (χ1v) is 6.29. The molecule has 2 aromatic rings. The first-order valence-electron chi connectivity index (χ1n) is 5.50. The van der Waals surface area contributed by atoms with E-state index in [0.29, 0.717) is 22.4 Å². The van der Waals surface area contributed by atoms with Crippen LogP contribution in [0.5, 0.6) is 0 Å². The zero-order valence-corrected chi connectivity index (χ0v) is 12.0. The normalized spacial score (nSPS) is 10.5. The van der Waals surface area contributed by atoms with Gasteiger partial charge in [-0.15, -0.1) is 0 Å². The Labute approximate surface area is 117 Å². The van der Waals surface area contributed by atoms with E-state index in [9.17, 15) is 10.1 Å². The number of hydrogen-bond acceptors (Lipinski definition) is 5. The van der Waals surface area contributed by atoms with Crippen molar-refractivity contribution in [1.82, 2.24) is 14.8 Å². The van der Waals surface area contributed by atoms with E-state index in [2.05, 4.69) is 31.3 Å². The molecular weight excluding hydrogens is 314 g/mol. The molecule has 100 valence electrons. The van der Waals surface area contributed by atoms with Gasteiger partial charge in [-0.3, -0.25) is 14.8 Å². The lowest BCUT2D eigenvalue weighted by Gasteiger charge is -2.08. The quantitative estimate of drug-likeness (QED) is 0.689. The van der Waals surface area contributed by atoms with Gasteiger partial charge in [0, 0.05) is 28.8 Å². The van der Waals surface area contributed by atoms with Gasteiger partial charge in [0.25, 0.3) is 5.69 Å². The number of nitrogens with one attached hydrogen (secondary N) is 1. The van der Waals surface area contributed by atoms with Crippen LogP contribution in [0.4, 0.5) is 11.4 Å². The fraction of sp³-hybridized carbons (Fsp3) is 0.273. The van der Waals surface area contributed by atoms with Crippen molar-refractivity contribution in [2.24, 2.45) is 7.05 Å². The third kappa shape index (κ3) is 3.08. The van der Waals surface area contributed by atoms with E-state index in [1.165, 1.54) is 6.07 Å². The summed E-state index contributed by atoms with van der Waals surface area (Å²) < 4.78 is 2.26. The molecule has 0 aliphatic rings. The van der Waals surface area contributed by atoms with E-state index < -0.39 is 4.92 Å². The minimum absolute atomic E-state index is 0.0911. The number of nitro benzene ring substituents is 1. The van der Waals surface area contributed by atoms with Gasteiger partial charge in [0.2, 0.25) is 0 Å². The predicted octanol–water partition coefficient (Wildman–Crippen LogP) is 2.41. The van der Waals surface area contributed by atoms with Crippen molar-refractivity contribution in [3.8, 4) is 0 Å². The Bertz CT molecular complexity index is 626. The lowest BCUT2D eigenvalue weighted by molar-refractivity contribution is -0.385. The molecule has 0 amide bonds. The maximum Gasteiger partial charge on any atom is 0.273 e. The highest BCUT2D eigenvalue weighted by atomic mass is 79.9. The van der Waals surface area contributed by atoms with Gasteiger partial charge >= 0.3 is 0 Å². The van der Waals surface area contributed by atoms with Crippen molar-refractivity contribution in [2.45, 2.75) is 13.5 Å². The largest absolute Gasteiger partial charge is 0.377 e. The monoisotopic (exact) mass is 325 g/mol. The SMILES string of the molecule is Cc1cc(NCc2ncn(C)n2)c(Br)cc1[N+](=O)[O-]. The van der Waals surface area contributed by atoms with Gasteiger partial charge in [-0.25, -0.2) is 4.98 Å². The molecule has 7 nitrogen and oxygen atoms in total. The van der Waals surface area contributed by atoms with Crippen molar-refractivity contribution in [3.63, 3.8) is 0 Å². The third-order valence-electron chi connectivity index (χ3n) is 2.57. The second-order valence-corrected chi connectivity index (χ2v) is 4.92. The van der Waals surface area contributed by atoms with Gasteiger partial charge in [0.1, 0.15) is 6.33 Å². The average Bonchev–Trinajstić information content (AvgIpc) is 2.75. The highest BCUT2D eigenvalue weighted by molar-refractivity contribution is 9.10. The Morgan fingerprint density at radius 2 is 2.26 bits per heavy atom. The van der Waals surface area contributed by atoms with Gasteiger partial charge in [0.15, 0.2) is 5.82 Å². The number of anilines is 1. The van der Waals surface area contributed by atoms with Crippen LogP contribution in [-0.4, -0.2) is 19.7 Å². The number of rotatable bonds is 4. The molecule has 0 atom stereocenters. The molecule has 0 fully saturated rings. The Kier molecular flexibility index (Phi) is 3.79. The van der Waals surface area contributed by atoms with Crippen LogP contribution >= 0.6 is 15.9 Å². The summed E-state index contributed by atoms with van der Waals surface area (Å²) in [6.07, 6.45) is 1.62. The Balaban J connectivity index is 2.17. The zero-order chi connectivity index (χ0) is 14.0. The molecule has 2 rings (SSSR count). The van der Waals surface area contributed by atoms with E-state index in [-0.39, 0.29) is 5.69 Å². The molecular formula is C11H12BrN5O2. The first kappa shape index (κ1) is 13.5. The van der Waals surface area contributed by atoms with Gasteiger partial charge in [-0.05, 0) is 28.9 Å². The van der Waals surface area contributed by atoms with Gasteiger partial charge < -0.3 is 5.32 Å². The van der Waals surface area contributed by atoms with Crippen molar-refractivity contribution < 1.29 is 4.92 Å². The van der Waals surface area contributed by atoms with Gasteiger partial charge in [-0.1, -0.05) is 0 Å². The number of halogens is 1. The van der Waals surface area contributed by atoms with E-state index in [0.717, 1.165) is 5.69 Å². The Morgan fingerprint density at radius 3 is 2.84 bits per heavy atom. The summed E-state index contributed by atoms with van der Waals surface area (Å²) in [4.78, 5) is 14.5. The van der Waals surface area contributed by atoms with E-state index in [4.69, 9.17) is 0 Å². The van der Waals surface area contributed by atoms with Crippen LogP contribution in [0.2, 0.25) is 0 Å². The van der Waals surface area contributed by atoms with Gasteiger partial charge in [-0.2, -0.15) is 5.10 Å². The first-order chi connectivity index (χ1) is 8.97. The summed E-state index contributed by atoms with van der Waals surface area (Å²) in [5.41, 5.74) is 1.47. The van der Waals surface area contributed by atoms with Crippen LogP contribution in [-0.2, 0) is 13.6 Å². The smallest absolute Gasteiger partial charge is 0.273 e. The lowest BCUT2D eigenvalue weighted by Crippen LogP contribution is -2.04. The van der Waals surface area contributed by atoms with Crippen LogP contribution in [0.3, 0.4) is 0 Å². The number of aromatic nitrogens is 3. The molecule has 0 saturated carbocycles. The molecule has 0 aliphatic heterocycles. The third-order valence-corrected chi connectivity index (χ3v) is 3.22. The molecule has 19 heavy (non-hydrogen) atoms. The highest BCUT2D eigenvalue weighted by Gasteiger charge is 2.14. The zero-order valence-electron chi connectivity index (χ0n) is 10.4. The molecule has 1 aromatic heterocycles. The van der Waals surface area contributed by atoms with E-state index in [1.54, 1.807) is 31.0 Å². The molecule has 0 bridgehead atoms. The number of nitro groups is 1. The summed E-state index contributed by atoms with van der Waals surface area (Å²) in [6.45, 7) is 2.16. The van der Waals surface area contributed by atoms with Crippen LogP contribution in [0.25, 0.3) is 0 Å². The minimum atomic E-state index is -0.399. The molecule has 8 heteroatoms. The van der Waals surface area contributed by atoms with Gasteiger partial charge in [0.05, 0.1) is 11.5 Å². The van der Waals surface area contributed by atoms with E-state index in [1.807, 2.05) is 0 Å². The molecule has 1 aromatic carbocycles. The van der Waals surface area contributed by atoms with Crippen LogP contribution in [0, 0.1) is 17.0 Å². The van der Waals surface area contributed by atoms with Crippen LogP contribution in [0.15, 0.2) is 22.9 Å². The fourth-order valence-electron chi connectivity index (χ4n) is 1.64. The van der Waals surface area contributed by atoms with E-state index >= 15 is 0 Å². The standard InChI is InChI=1S/C11H12BrN5O2/c1-7-3-9(8(12)4-10(7)17(18)19)13-5-11-14-6-16(2)15-11/h3-4,6,13H,5H2,1-2H3. The summed E-state index contributed by atoms with van der Waals surface area (Å²) in [5, 5.41) is 18.1. The topological polar surface area (TPSA) is 85.9 Å². The number of aryl methyl sites for hydroxylation is 2. The maximum absolute atomic E-state index is 10.8. The molecule has 1 heterocycles. The molecule has 0 unspecified atom stereocenters. The molecule has 0 radical (unpaired) electrons. The second-order valence-electron chi connectivity index (χ2n) is 4.06. The maximum atomic E-state index is 10.8. The number of benzene rings is 1. The molecule has 0 aliphatic carbocycles. The summed E-state index contributed by atoms with van der Waals surface area (Å²) in [7, 11) is 1.79. The van der Waals surface area contributed by atoms with Crippen molar-refractivity contribution in [2.75, 3.05) is 5.32 Å². The average molecular weight is 326 g/mol. The lowest BCUT2D eigenvalue weighted by atomic mass is 10.2. The van der Waals surface area contributed by atoms with Crippen molar-refractivity contribution in [1.29, 1.82) is 0 Å². The summed E-state index contributed by atoms with van der Waals surface area (Å²) >= 11 is 3.32. The van der Waals surface area contributed by atoms with Crippen molar-refractivity contribution >= 4 is 27.3 Å². The number of hydrogen-bond donors (Lipinski definition) is 1. The summed E-state index contributed by atoms with van der Waals surface area (Å²) in [6, 6.07) is 3.22. The molecule has 0 saturated heterocycles. The minimum Gasteiger partial charge on any atom is -0.377 e. The molecule has 0 spiro atoms. The second kappa shape index (κ2) is 5.35. The van der Waals surface area contributed by atoms with Crippen molar-refractivity contribution in [3.05, 3.63) is 44.4 Å². The Morgan fingerprint density at radius 1 is 1.53 bits per heavy atom. The summed E-state index contributed by atoms with van der Waals surface area (Å²) in [5.74, 6) is 0.658. The predicted molar refractivity (Wildman–Crippen MR) is 73.9 cm³/mol. The number of nitrogens with zero attached hydrogens (tertiary/aromatic N) is 4. The van der Waals surface area contributed by atoms with Crippen LogP contribution < -0.4 is 5.32 Å². The molecule has 1 N–H and O–H groups in total.